The minimum Gasteiger partial charge on any atom is -0.264 e. The average molecular weight is 327 g/mol. The average Bonchev–Trinajstić information content (AvgIpc) is 2.50. The summed E-state index contributed by atoms with van der Waals surface area (Å²) in [6, 6.07) is 6.99. The van der Waals surface area contributed by atoms with Crippen LogP contribution in [0.5, 0.6) is 0 Å². The van der Waals surface area contributed by atoms with Crippen molar-refractivity contribution in [2.45, 2.75) is 24.7 Å². The Morgan fingerprint density at radius 1 is 1.24 bits per heavy atom. The normalized spacial score (nSPS) is 12.1. The van der Waals surface area contributed by atoms with Crippen LogP contribution in [0.2, 0.25) is 0 Å². The highest BCUT2D eigenvalue weighted by molar-refractivity contribution is 7.89. The molecular formula is C15H19ClN2O2S. The smallest absolute Gasteiger partial charge is 0.243 e. The van der Waals surface area contributed by atoms with Crippen LogP contribution in [0.15, 0.2) is 41.6 Å². The van der Waals surface area contributed by atoms with Gasteiger partial charge in [0.25, 0.3) is 0 Å². The van der Waals surface area contributed by atoms with Gasteiger partial charge in [-0.2, -0.15) is 4.31 Å². The van der Waals surface area contributed by atoms with Crippen molar-refractivity contribution >= 4 is 32.4 Å². The summed E-state index contributed by atoms with van der Waals surface area (Å²) in [5, 5.41) is 1.52. The van der Waals surface area contributed by atoms with Gasteiger partial charge >= 0.3 is 0 Å². The number of halogens is 1. The molecule has 1 heterocycles. The lowest BCUT2D eigenvalue weighted by molar-refractivity contribution is 0.421. The van der Waals surface area contributed by atoms with Crippen molar-refractivity contribution in [3.63, 3.8) is 0 Å². The van der Waals surface area contributed by atoms with Crippen LogP contribution in [0.4, 0.5) is 0 Å². The van der Waals surface area contributed by atoms with Crippen LogP contribution in [0.25, 0.3) is 10.8 Å². The first kappa shape index (κ1) is 16.2. The van der Waals surface area contributed by atoms with Crippen molar-refractivity contribution in [3.05, 3.63) is 36.7 Å². The Morgan fingerprint density at radius 3 is 2.76 bits per heavy atom. The molecule has 0 saturated heterocycles. The molecule has 0 aliphatic heterocycles. The molecule has 0 unspecified atom stereocenters. The quantitative estimate of drug-likeness (QED) is 0.734. The molecule has 0 fully saturated rings. The van der Waals surface area contributed by atoms with E-state index in [1.54, 1.807) is 30.6 Å². The first-order chi connectivity index (χ1) is 10.1. The van der Waals surface area contributed by atoms with E-state index in [1.807, 2.05) is 13.0 Å². The lowest BCUT2D eigenvalue weighted by Gasteiger charge is -2.21. The number of pyridine rings is 1. The highest BCUT2D eigenvalue weighted by Gasteiger charge is 2.25. The van der Waals surface area contributed by atoms with E-state index in [-0.39, 0.29) is 5.88 Å². The second-order valence-corrected chi connectivity index (χ2v) is 7.08. The number of benzene rings is 1. The zero-order chi connectivity index (χ0) is 15.3. The molecule has 0 aliphatic carbocycles. The molecule has 1 aromatic carbocycles. The summed E-state index contributed by atoms with van der Waals surface area (Å²) >= 11 is 5.77. The lowest BCUT2D eigenvalue weighted by Crippen LogP contribution is -2.33. The molecule has 0 N–H and O–H groups in total. The van der Waals surface area contributed by atoms with Crippen molar-refractivity contribution in [1.29, 1.82) is 0 Å². The Kier molecular flexibility index (Phi) is 5.56. The SMILES string of the molecule is CCCCN(CCCl)S(=O)(=O)c1cccc2cnccc12. The Morgan fingerprint density at radius 2 is 2.05 bits per heavy atom. The Bertz CT molecular complexity index is 698. The number of nitrogens with zero attached hydrogens (tertiary/aromatic N) is 2. The molecule has 2 aromatic rings. The molecule has 0 amide bonds. The molecule has 1 aromatic heterocycles. The van der Waals surface area contributed by atoms with E-state index in [0.717, 1.165) is 18.2 Å². The Labute approximate surface area is 130 Å². The fourth-order valence-electron chi connectivity index (χ4n) is 2.24. The van der Waals surface area contributed by atoms with E-state index >= 15 is 0 Å². The van der Waals surface area contributed by atoms with Crippen LogP contribution >= 0.6 is 11.6 Å². The summed E-state index contributed by atoms with van der Waals surface area (Å²) in [5.41, 5.74) is 0. The molecule has 0 saturated carbocycles. The Hall–Kier alpha value is -1.17. The van der Waals surface area contributed by atoms with Gasteiger partial charge in [0.15, 0.2) is 0 Å². The molecule has 0 aliphatic rings. The molecule has 0 radical (unpaired) electrons. The third-order valence-corrected chi connectivity index (χ3v) is 5.48. The van der Waals surface area contributed by atoms with Crippen molar-refractivity contribution in [2.24, 2.45) is 0 Å². The van der Waals surface area contributed by atoms with Gasteiger partial charge in [0, 0.05) is 42.1 Å². The highest BCUT2D eigenvalue weighted by atomic mass is 35.5. The summed E-state index contributed by atoms with van der Waals surface area (Å²) in [5.74, 6) is 0.287. The number of hydrogen-bond acceptors (Lipinski definition) is 3. The zero-order valence-electron chi connectivity index (χ0n) is 12.0. The molecule has 6 heteroatoms. The monoisotopic (exact) mass is 326 g/mol. The van der Waals surface area contributed by atoms with Gasteiger partial charge in [-0.25, -0.2) is 8.42 Å². The molecule has 114 valence electrons. The Balaban J connectivity index is 2.49. The molecule has 21 heavy (non-hydrogen) atoms. The van der Waals surface area contributed by atoms with E-state index in [0.29, 0.717) is 23.4 Å². The van der Waals surface area contributed by atoms with Crippen molar-refractivity contribution in [3.8, 4) is 0 Å². The first-order valence-electron chi connectivity index (χ1n) is 7.00. The van der Waals surface area contributed by atoms with Gasteiger partial charge in [0.05, 0.1) is 4.90 Å². The highest BCUT2D eigenvalue weighted by Crippen LogP contribution is 2.25. The van der Waals surface area contributed by atoms with Crippen LogP contribution in [0, 0.1) is 0 Å². The number of fused-ring (bicyclic) bond motifs is 1. The molecule has 4 nitrogen and oxygen atoms in total. The summed E-state index contributed by atoms with van der Waals surface area (Å²) in [6.45, 7) is 2.85. The third-order valence-electron chi connectivity index (χ3n) is 3.35. The number of aromatic nitrogens is 1. The maximum atomic E-state index is 12.9. The largest absolute Gasteiger partial charge is 0.264 e. The van der Waals surface area contributed by atoms with Gasteiger partial charge < -0.3 is 0 Å². The van der Waals surface area contributed by atoms with Crippen LogP contribution in [0.1, 0.15) is 19.8 Å². The summed E-state index contributed by atoms with van der Waals surface area (Å²) in [4.78, 5) is 4.36. The van der Waals surface area contributed by atoms with Gasteiger partial charge in [-0.05, 0) is 18.6 Å². The van der Waals surface area contributed by atoms with Gasteiger partial charge in [-0.1, -0.05) is 25.5 Å². The van der Waals surface area contributed by atoms with Crippen LogP contribution in [-0.2, 0) is 10.0 Å². The molecular weight excluding hydrogens is 308 g/mol. The molecule has 0 atom stereocenters. The van der Waals surface area contributed by atoms with Gasteiger partial charge in [0.2, 0.25) is 10.0 Å². The maximum absolute atomic E-state index is 12.9. The summed E-state index contributed by atoms with van der Waals surface area (Å²) in [6.07, 6.45) is 5.04. The van der Waals surface area contributed by atoms with Crippen molar-refractivity contribution < 1.29 is 8.42 Å². The fraction of sp³-hybridized carbons (Fsp3) is 0.400. The first-order valence-corrected chi connectivity index (χ1v) is 8.97. The van der Waals surface area contributed by atoms with Gasteiger partial charge in [0.1, 0.15) is 0 Å². The number of sulfonamides is 1. The predicted octanol–water partition coefficient (Wildman–Crippen LogP) is 3.26. The topological polar surface area (TPSA) is 50.3 Å². The standard InChI is InChI=1S/C15H19ClN2O2S/c1-2-3-10-18(11-8-16)21(19,20)15-6-4-5-13-12-17-9-7-14(13)15/h4-7,9,12H,2-3,8,10-11H2,1H3. The van der Waals surface area contributed by atoms with Crippen LogP contribution < -0.4 is 0 Å². The number of rotatable bonds is 7. The molecule has 2 rings (SSSR count). The number of unbranched alkanes of at least 4 members (excludes halogenated alkanes) is 1. The number of alkyl halides is 1. The second-order valence-electron chi connectivity index (χ2n) is 4.80. The van der Waals surface area contributed by atoms with E-state index < -0.39 is 10.0 Å². The molecule has 0 spiro atoms. The minimum atomic E-state index is -3.54. The van der Waals surface area contributed by atoms with E-state index in [2.05, 4.69) is 4.98 Å². The van der Waals surface area contributed by atoms with Gasteiger partial charge in [-0.3, -0.25) is 4.98 Å². The van der Waals surface area contributed by atoms with Crippen molar-refractivity contribution in [2.75, 3.05) is 19.0 Å². The minimum absolute atomic E-state index is 0.287. The van der Waals surface area contributed by atoms with Gasteiger partial charge in [-0.15, -0.1) is 11.6 Å². The van der Waals surface area contributed by atoms with E-state index in [4.69, 9.17) is 11.6 Å². The summed E-state index contributed by atoms with van der Waals surface area (Å²) in [7, 11) is -3.54. The van der Waals surface area contributed by atoms with Crippen molar-refractivity contribution in [1.82, 2.24) is 9.29 Å². The van der Waals surface area contributed by atoms with Crippen LogP contribution in [-0.4, -0.2) is 36.7 Å². The second kappa shape index (κ2) is 7.20. The zero-order valence-corrected chi connectivity index (χ0v) is 13.6. The predicted molar refractivity (Wildman–Crippen MR) is 86.1 cm³/mol. The lowest BCUT2D eigenvalue weighted by atomic mass is 10.2. The molecule has 0 bridgehead atoms. The van der Waals surface area contributed by atoms with E-state index in [9.17, 15) is 8.42 Å². The fourth-order valence-corrected chi connectivity index (χ4v) is 4.24. The van der Waals surface area contributed by atoms with E-state index in [1.165, 1.54) is 4.31 Å². The van der Waals surface area contributed by atoms with Crippen LogP contribution in [0.3, 0.4) is 0 Å². The number of hydrogen-bond donors (Lipinski definition) is 0. The maximum Gasteiger partial charge on any atom is 0.243 e. The third kappa shape index (κ3) is 3.54. The summed E-state index contributed by atoms with van der Waals surface area (Å²) < 4.78 is 27.2.